The summed E-state index contributed by atoms with van der Waals surface area (Å²) in [6, 6.07) is 0. The predicted octanol–water partition coefficient (Wildman–Crippen LogP) is 3.26. The molecule has 0 aromatic carbocycles. The minimum absolute atomic E-state index is 0.276. The minimum atomic E-state index is 0.276. The van der Waals surface area contributed by atoms with E-state index in [2.05, 4.69) is 32.6 Å². The van der Waals surface area contributed by atoms with Crippen molar-refractivity contribution in [1.82, 2.24) is 4.90 Å². The number of nitrogens with two attached hydrogens (primary N) is 1. The van der Waals surface area contributed by atoms with E-state index < -0.39 is 0 Å². The zero-order chi connectivity index (χ0) is 13.4. The molecule has 2 aliphatic carbocycles. The van der Waals surface area contributed by atoms with Crippen molar-refractivity contribution in [2.75, 3.05) is 19.6 Å². The van der Waals surface area contributed by atoms with Gasteiger partial charge in [0.25, 0.3) is 0 Å². The van der Waals surface area contributed by atoms with Crippen LogP contribution in [-0.4, -0.2) is 30.1 Å². The van der Waals surface area contributed by atoms with Gasteiger partial charge in [0.2, 0.25) is 0 Å². The number of nitrogens with zero attached hydrogens (tertiary/aromatic N) is 1. The molecule has 2 rings (SSSR count). The second kappa shape index (κ2) is 5.13. The third-order valence-electron chi connectivity index (χ3n) is 5.05. The van der Waals surface area contributed by atoms with Crippen LogP contribution in [0.2, 0.25) is 0 Å². The molecule has 2 heteroatoms. The molecule has 0 amide bonds. The quantitative estimate of drug-likeness (QED) is 0.814. The molecule has 2 N–H and O–H groups in total. The topological polar surface area (TPSA) is 29.3 Å². The first kappa shape index (κ1) is 14.3. The monoisotopic (exact) mass is 252 g/mol. The van der Waals surface area contributed by atoms with E-state index in [1.165, 1.54) is 38.6 Å². The Morgan fingerprint density at radius 3 is 2.33 bits per heavy atom. The highest BCUT2D eigenvalue weighted by Gasteiger charge is 2.46. The first-order chi connectivity index (χ1) is 8.41. The Morgan fingerprint density at radius 2 is 1.89 bits per heavy atom. The zero-order valence-corrected chi connectivity index (χ0v) is 12.8. The third kappa shape index (κ3) is 3.08. The van der Waals surface area contributed by atoms with Gasteiger partial charge in [-0.05, 0) is 55.9 Å². The van der Waals surface area contributed by atoms with Crippen molar-refractivity contribution < 1.29 is 0 Å². The van der Waals surface area contributed by atoms with Gasteiger partial charge in [-0.25, -0.2) is 0 Å². The van der Waals surface area contributed by atoms with Gasteiger partial charge in [-0.2, -0.15) is 0 Å². The van der Waals surface area contributed by atoms with Crippen molar-refractivity contribution in [3.63, 3.8) is 0 Å². The smallest absolute Gasteiger partial charge is 0.0339 e. The maximum atomic E-state index is 6.25. The first-order valence-corrected chi connectivity index (χ1v) is 7.86. The van der Waals surface area contributed by atoms with Gasteiger partial charge in [-0.15, -0.1) is 0 Å². The highest BCUT2D eigenvalue weighted by Crippen LogP contribution is 2.47. The summed E-state index contributed by atoms with van der Waals surface area (Å²) in [5, 5.41) is 0. The summed E-state index contributed by atoms with van der Waals surface area (Å²) in [5.74, 6) is 1.78. The van der Waals surface area contributed by atoms with Gasteiger partial charge in [0.15, 0.2) is 0 Å². The lowest BCUT2D eigenvalue weighted by Crippen LogP contribution is -2.59. The van der Waals surface area contributed by atoms with Crippen LogP contribution in [-0.2, 0) is 0 Å². The number of likely N-dealkylation sites (N-methyl/N-ethyl adjacent to an activating group) is 1. The number of rotatable bonds is 5. The van der Waals surface area contributed by atoms with Crippen LogP contribution >= 0.6 is 0 Å². The fraction of sp³-hybridized carbons (Fsp3) is 1.00. The maximum Gasteiger partial charge on any atom is 0.0339 e. The molecule has 0 bridgehead atoms. The lowest BCUT2D eigenvalue weighted by molar-refractivity contribution is -0.0114. The molecule has 0 aromatic rings. The minimum Gasteiger partial charge on any atom is -0.329 e. The molecule has 106 valence electrons. The molecule has 2 aliphatic rings. The summed E-state index contributed by atoms with van der Waals surface area (Å²) >= 11 is 0. The Bertz CT molecular complexity index is 283. The Hall–Kier alpha value is -0.0800. The van der Waals surface area contributed by atoms with Crippen molar-refractivity contribution in [1.29, 1.82) is 0 Å². The largest absolute Gasteiger partial charge is 0.329 e. The molecule has 2 nitrogen and oxygen atoms in total. The highest BCUT2D eigenvalue weighted by atomic mass is 15.2. The first-order valence-electron chi connectivity index (χ1n) is 7.86. The number of hydrogen-bond acceptors (Lipinski definition) is 2. The van der Waals surface area contributed by atoms with E-state index >= 15 is 0 Å². The van der Waals surface area contributed by atoms with Crippen molar-refractivity contribution in [2.24, 2.45) is 23.0 Å². The summed E-state index contributed by atoms with van der Waals surface area (Å²) in [6.45, 7) is 12.9. The second-order valence-electron chi connectivity index (χ2n) is 7.76. The van der Waals surface area contributed by atoms with E-state index in [9.17, 15) is 0 Å². The lowest BCUT2D eigenvalue weighted by atomic mass is 9.63. The Labute approximate surface area is 113 Å². The van der Waals surface area contributed by atoms with Crippen molar-refractivity contribution in [3.05, 3.63) is 0 Å². The van der Waals surface area contributed by atoms with Gasteiger partial charge in [0, 0.05) is 18.6 Å². The molecule has 2 saturated carbocycles. The average Bonchev–Trinajstić information content (AvgIpc) is 3.06. The molecule has 18 heavy (non-hydrogen) atoms. The summed E-state index contributed by atoms with van der Waals surface area (Å²) < 4.78 is 0. The van der Waals surface area contributed by atoms with E-state index in [1.54, 1.807) is 0 Å². The average molecular weight is 252 g/mol. The highest BCUT2D eigenvalue weighted by molar-refractivity contribution is 5.02. The van der Waals surface area contributed by atoms with Crippen molar-refractivity contribution in [3.8, 4) is 0 Å². The predicted molar refractivity (Wildman–Crippen MR) is 78.6 cm³/mol. The Balaban J connectivity index is 2.15. The maximum absolute atomic E-state index is 6.25. The van der Waals surface area contributed by atoms with Crippen LogP contribution in [0.4, 0.5) is 0 Å². The lowest BCUT2D eigenvalue weighted by Gasteiger charge is -2.53. The number of hydrogen-bond donors (Lipinski definition) is 1. The fourth-order valence-electron chi connectivity index (χ4n) is 4.50. The summed E-state index contributed by atoms with van der Waals surface area (Å²) in [6.07, 6.45) is 6.82. The summed E-state index contributed by atoms with van der Waals surface area (Å²) in [5.41, 5.74) is 6.98. The van der Waals surface area contributed by atoms with E-state index in [4.69, 9.17) is 5.73 Å². The SMILES string of the molecule is CCN(CC1CC1)C1(CN)CC(C)CC(C)(C)C1. The Morgan fingerprint density at radius 1 is 1.22 bits per heavy atom. The van der Waals surface area contributed by atoms with Crippen molar-refractivity contribution >= 4 is 0 Å². The third-order valence-corrected chi connectivity index (χ3v) is 5.05. The van der Waals surface area contributed by atoms with E-state index in [-0.39, 0.29) is 5.54 Å². The molecular weight excluding hydrogens is 220 g/mol. The van der Waals surface area contributed by atoms with Gasteiger partial charge in [0.1, 0.15) is 0 Å². The fourth-order valence-corrected chi connectivity index (χ4v) is 4.50. The molecule has 0 spiro atoms. The zero-order valence-electron chi connectivity index (χ0n) is 12.8. The molecule has 2 atom stereocenters. The normalized spacial score (nSPS) is 36.0. The standard InChI is InChI=1S/C16H32N2/c1-5-18(10-14-6-7-14)16(12-17)9-13(2)8-15(3,4)11-16/h13-14H,5-12,17H2,1-4H3. The summed E-state index contributed by atoms with van der Waals surface area (Å²) in [7, 11) is 0. The van der Waals surface area contributed by atoms with E-state index in [0.29, 0.717) is 5.41 Å². The van der Waals surface area contributed by atoms with Gasteiger partial charge >= 0.3 is 0 Å². The van der Waals surface area contributed by atoms with Crippen LogP contribution < -0.4 is 5.73 Å². The molecule has 0 heterocycles. The van der Waals surface area contributed by atoms with Crippen LogP contribution in [0.5, 0.6) is 0 Å². The van der Waals surface area contributed by atoms with Gasteiger partial charge in [-0.3, -0.25) is 4.90 Å². The summed E-state index contributed by atoms with van der Waals surface area (Å²) in [4.78, 5) is 2.72. The molecule has 0 radical (unpaired) electrons. The van der Waals surface area contributed by atoms with Gasteiger partial charge < -0.3 is 5.73 Å². The molecule has 0 saturated heterocycles. The second-order valence-corrected chi connectivity index (χ2v) is 7.76. The molecule has 2 unspecified atom stereocenters. The van der Waals surface area contributed by atoms with Crippen molar-refractivity contribution in [2.45, 2.75) is 65.3 Å². The molecule has 0 aliphatic heterocycles. The van der Waals surface area contributed by atoms with Gasteiger partial charge in [0.05, 0.1) is 0 Å². The van der Waals surface area contributed by atoms with Crippen LogP contribution in [0.1, 0.15) is 59.8 Å². The molecule has 2 fully saturated rings. The van der Waals surface area contributed by atoms with Crippen LogP contribution in [0.15, 0.2) is 0 Å². The molecular formula is C16H32N2. The van der Waals surface area contributed by atoms with Gasteiger partial charge in [-0.1, -0.05) is 27.7 Å². The van der Waals surface area contributed by atoms with Crippen LogP contribution in [0, 0.1) is 17.3 Å². The van der Waals surface area contributed by atoms with Crippen LogP contribution in [0.3, 0.4) is 0 Å². The Kier molecular flexibility index (Phi) is 4.08. The van der Waals surface area contributed by atoms with E-state index in [1.807, 2.05) is 0 Å². The molecule has 0 aromatic heterocycles. The van der Waals surface area contributed by atoms with Crippen LogP contribution in [0.25, 0.3) is 0 Å². The van der Waals surface area contributed by atoms with E-state index in [0.717, 1.165) is 24.9 Å².